The predicted molar refractivity (Wildman–Crippen MR) is 73.0 cm³/mol. The maximum atomic E-state index is 12.3. The lowest BCUT2D eigenvalue weighted by Crippen LogP contribution is -2.53. The van der Waals surface area contributed by atoms with Gasteiger partial charge < -0.3 is 16.2 Å². The van der Waals surface area contributed by atoms with Gasteiger partial charge in [0.2, 0.25) is 5.91 Å². The second-order valence-corrected chi connectivity index (χ2v) is 6.20. The van der Waals surface area contributed by atoms with E-state index in [1.165, 1.54) is 0 Å². The van der Waals surface area contributed by atoms with Crippen LogP contribution in [0.2, 0.25) is 0 Å². The molecule has 106 valence electrons. The summed E-state index contributed by atoms with van der Waals surface area (Å²) in [7, 11) is 0. The Bertz CT molecular complexity index is 288. The summed E-state index contributed by atoms with van der Waals surface area (Å²) in [6.07, 6.45) is 2.50. The van der Waals surface area contributed by atoms with Gasteiger partial charge in [-0.15, -0.1) is 0 Å². The highest BCUT2D eigenvalue weighted by Gasteiger charge is 2.45. The monoisotopic (exact) mass is 256 g/mol. The molecule has 0 saturated heterocycles. The zero-order chi connectivity index (χ0) is 13.9. The van der Waals surface area contributed by atoms with E-state index in [0.717, 1.165) is 19.3 Å². The van der Waals surface area contributed by atoms with E-state index in [4.69, 9.17) is 10.8 Å². The van der Waals surface area contributed by atoms with Gasteiger partial charge in [0.25, 0.3) is 0 Å². The van der Waals surface area contributed by atoms with Crippen molar-refractivity contribution in [1.29, 1.82) is 0 Å². The van der Waals surface area contributed by atoms with Crippen LogP contribution in [0.25, 0.3) is 0 Å². The summed E-state index contributed by atoms with van der Waals surface area (Å²) >= 11 is 0. The summed E-state index contributed by atoms with van der Waals surface area (Å²) in [6, 6.07) is 0.0584. The Morgan fingerprint density at radius 3 is 2.61 bits per heavy atom. The van der Waals surface area contributed by atoms with Crippen LogP contribution >= 0.6 is 0 Å². The number of carbonyl (C=O) groups excluding carboxylic acids is 1. The third-order valence-electron chi connectivity index (χ3n) is 4.88. The van der Waals surface area contributed by atoms with Gasteiger partial charge >= 0.3 is 0 Å². The van der Waals surface area contributed by atoms with Crippen molar-refractivity contribution in [2.24, 2.45) is 23.0 Å². The van der Waals surface area contributed by atoms with Crippen LogP contribution in [-0.2, 0) is 4.79 Å². The second-order valence-electron chi connectivity index (χ2n) is 6.20. The van der Waals surface area contributed by atoms with E-state index in [2.05, 4.69) is 26.1 Å². The maximum Gasteiger partial charge on any atom is 0.223 e. The number of hydrogen-bond acceptors (Lipinski definition) is 3. The van der Waals surface area contributed by atoms with E-state index in [1.54, 1.807) is 0 Å². The van der Waals surface area contributed by atoms with Crippen LogP contribution in [0.5, 0.6) is 0 Å². The van der Waals surface area contributed by atoms with Crippen LogP contribution in [0.1, 0.15) is 47.0 Å². The van der Waals surface area contributed by atoms with Crippen molar-refractivity contribution in [2.45, 2.75) is 59.0 Å². The lowest BCUT2D eigenvalue weighted by Gasteiger charge is -2.46. The minimum absolute atomic E-state index is 0.00442. The molecule has 0 aromatic heterocycles. The first-order chi connectivity index (χ1) is 8.34. The number of aliphatic hydroxyl groups excluding tert-OH is 1. The number of amides is 1. The molecular weight excluding hydrogens is 228 g/mol. The first-order valence-electron chi connectivity index (χ1n) is 7.01. The summed E-state index contributed by atoms with van der Waals surface area (Å²) < 4.78 is 0. The number of aliphatic hydroxyl groups is 1. The molecule has 1 saturated carbocycles. The normalized spacial score (nSPS) is 32.9. The molecule has 1 fully saturated rings. The van der Waals surface area contributed by atoms with E-state index in [9.17, 15) is 4.79 Å². The van der Waals surface area contributed by atoms with Crippen molar-refractivity contribution < 1.29 is 9.90 Å². The largest absolute Gasteiger partial charge is 0.394 e. The SMILES string of the molecule is CCC(CO)NC(=O)C1CCC(N)C(C)C1(C)C. The van der Waals surface area contributed by atoms with Gasteiger partial charge in [0, 0.05) is 12.0 Å². The molecule has 4 N–H and O–H groups in total. The topological polar surface area (TPSA) is 75.3 Å². The van der Waals surface area contributed by atoms with Crippen LogP contribution in [0.15, 0.2) is 0 Å². The number of nitrogens with one attached hydrogen (secondary N) is 1. The zero-order valence-electron chi connectivity index (χ0n) is 12.1. The summed E-state index contributed by atoms with van der Waals surface area (Å²) in [5, 5.41) is 12.1. The molecule has 4 atom stereocenters. The molecule has 0 aromatic carbocycles. The Balaban J connectivity index is 2.73. The smallest absolute Gasteiger partial charge is 0.223 e. The highest BCUT2D eigenvalue weighted by Crippen LogP contribution is 2.44. The fourth-order valence-electron chi connectivity index (χ4n) is 2.90. The fourth-order valence-corrected chi connectivity index (χ4v) is 2.90. The van der Waals surface area contributed by atoms with Crippen LogP contribution in [0.3, 0.4) is 0 Å². The Hall–Kier alpha value is -0.610. The van der Waals surface area contributed by atoms with E-state index in [-0.39, 0.29) is 35.9 Å². The molecule has 18 heavy (non-hydrogen) atoms. The Labute approximate surface area is 110 Å². The van der Waals surface area contributed by atoms with E-state index in [0.29, 0.717) is 5.92 Å². The molecule has 4 unspecified atom stereocenters. The van der Waals surface area contributed by atoms with Crippen LogP contribution in [-0.4, -0.2) is 29.7 Å². The Kier molecular flexibility index (Phi) is 5.17. The molecule has 1 rings (SSSR count). The van der Waals surface area contributed by atoms with Crippen LogP contribution in [0, 0.1) is 17.3 Å². The van der Waals surface area contributed by atoms with Crippen LogP contribution in [0.4, 0.5) is 0 Å². The van der Waals surface area contributed by atoms with Crippen LogP contribution < -0.4 is 11.1 Å². The molecule has 1 amide bonds. The Morgan fingerprint density at radius 1 is 1.50 bits per heavy atom. The first-order valence-corrected chi connectivity index (χ1v) is 7.01. The first kappa shape index (κ1) is 15.4. The maximum absolute atomic E-state index is 12.3. The average Bonchev–Trinajstić information content (AvgIpc) is 2.32. The summed E-state index contributed by atoms with van der Waals surface area (Å²) in [4.78, 5) is 12.3. The standard InChI is InChI=1S/C14H28N2O2/c1-5-10(8-17)16-13(18)11-6-7-12(15)9(2)14(11,3)4/h9-12,17H,5-8,15H2,1-4H3,(H,16,18). The van der Waals surface area contributed by atoms with Crippen molar-refractivity contribution >= 4 is 5.91 Å². The van der Waals surface area contributed by atoms with Gasteiger partial charge in [-0.2, -0.15) is 0 Å². The van der Waals surface area contributed by atoms with E-state index in [1.807, 2.05) is 6.92 Å². The zero-order valence-corrected chi connectivity index (χ0v) is 12.1. The van der Waals surface area contributed by atoms with Gasteiger partial charge in [0.15, 0.2) is 0 Å². The van der Waals surface area contributed by atoms with Crippen molar-refractivity contribution in [3.8, 4) is 0 Å². The molecule has 0 aliphatic heterocycles. The quantitative estimate of drug-likeness (QED) is 0.709. The Morgan fingerprint density at radius 2 is 2.11 bits per heavy atom. The summed E-state index contributed by atoms with van der Waals surface area (Å²) in [5.41, 5.74) is 6.01. The number of hydrogen-bond donors (Lipinski definition) is 3. The molecule has 0 bridgehead atoms. The fraction of sp³-hybridized carbons (Fsp3) is 0.929. The van der Waals surface area contributed by atoms with Gasteiger partial charge in [0.05, 0.1) is 12.6 Å². The summed E-state index contributed by atoms with van der Waals surface area (Å²) in [5.74, 6) is 0.392. The van der Waals surface area contributed by atoms with E-state index >= 15 is 0 Å². The van der Waals surface area contributed by atoms with Gasteiger partial charge in [-0.1, -0.05) is 27.7 Å². The lowest BCUT2D eigenvalue weighted by atomic mass is 9.61. The molecule has 0 aromatic rings. The molecule has 4 nitrogen and oxygen atoms in total. The molecular formula is C14H28N2O2. The number of rotatable bonds is 4. The lowest BCUT2D eigenvalue weighted by molar-refractivity contribution is -0.133. The van der Waals surface area contributed by atoms with E-state index < -0.39 is 0 Å². The van der Waals surface area contributed by atoms with Gasteiger partial charge in [0.1, 0.15) is 0 Å². The third kappa shape index (κ3) is 3.04. The molecule has 1 aliphatic rings. The molecule has 0 radical (unpaired) electrons. The molecule has 0 heterocycles. The predicted octanol–water partition coefficient (Wildman–Crippen LogP) is 1.27. The van der Waals surface area contributed by atoms with Crippen molar-refractivity contribution in [3.63, 3.8) is 0 Å². The van der Waals surface area contributed by atoms with Gasteiger partial charge in [-0.05, 0) is 30.6 Å². The van der Waals surface area contributed by atoms with Gasteiger partial charge in [-0.25, -0.2) is 0 Å². The van der Waals surface area contributed by atoms with Gasteiger partial charge in [-0.3, -0.25) is 4.79 Å². The molecule has 4 heteroatoms. The highest BCUT2D eigenvalue weighted by atomic mass is 16.3. The van der Waals surface area contributed by atoms with Crippen molar-refractivity contribution in [2.75, 3.05) is 6.61 Å². The number of nitrogens with two attached hydrogens (primary N) is 1. The third-order valence-corrected chi connectivity index (χ3v) is 4.88. The van der Waals surface area contributed by atoms with Crippen molar-refractivity contribution in [3.05, 3.63) is 0 Å². The second kappa shape index (κ2) is 6.02. The average molecular weight is 256 g/mol. The number of carbonyl (C=O) groups is 1. The minimum Gasteiger partial charge on any atom is -0.394 e. The van der Waals surface area contributed by atoms with Crippen molar-refractivity contribution in [1.82, 2.24) is 5.32 Å². The molecule has 0 spiro atoms. The molecule has 1 aliphatic carbocycles. The highest BCUT2D eigenvalue weighted by molar-refractivity contribution is 5.80. The summed E-state index contributed by atoms with van der Waals surface area (Å²) in [6.45, 7) is 8.35. The minimum atomic E-state index is -0.126.